The molecule has 5 heteroatoms. The maximum Gasteiger partial charge on any atom is 0.191 e. The van der Waals surface area contributed by atoms with E-state index in [2.05, 4.69) is 68.4 Å². The monoisotopic (exact) mass is 347 g/mol. The number of aliphatic imine (C=N–C) groups is 1. The molecule has 25 heavy (non-hydrogen) atoms. The van der Waals surface area contributed by atoms with Crippen molar-refractivity contribution in [3.63, 3.8) is 0 Å². The van der Waals surface area contributed by atoms with Crippen molar-refractivity contribution in [1.29, 1.82) is 0 Å². The minimum atomic E-state index is -0.225. The van der Waals surface area contributed by atoms with Gasteiger partial charge in [0.25, 0.3) is 0 Å². The lowest BCUT2D eigenvalue weighted by Gasteiger charge is -2.26. The molecule has 140 valence electrons. The van der Waals surface area contributed by atoms with E-state index in [0.29, 0.717) is 6.54 Å². The van der Waals surface area contributed by atoms with E-state index in [-0.39, 0.29) is 11.2 Å². The molecule has 0 aromatic heterocycles. The Kier molecular flexibility index (Phi) is 6.33. The Bertz CT molecular complexity index is 599. The predicted molar refractivity (Wildman–Crippen MR) is 103 cm³/mol. The lowest BCUT2D eigenvalue weighted by atomic mass is 10.0. The molecule has 1 fully saturated rings. The number of guanidine groups is 1. The van der Waals surface area contributed by atoms with Crippen LogP contribution in [0, 0.1) is 6.92 Å². The number of hydrogen-bond donors (Lipinski definition) is 2. The van der Waals surface area contributed by atoms with E-state index < -0.39 is 0 Å². The summed E-state index contributed by atoms with van der Waals surface area (Å²) in [6, 6.07) is 6.31. The molecule has 1 saturated heterocycles. The third-order valence-corrected chi connectivity index (χ3v) is 4.24. The normalized spacial score (nSPS) is 21.3. The van der Waals surface area contributed by atoms with Gasteiger partial charge in [-0.1, -0.05) is 12.1 Å². The van der Waals surface area contributed by atoms with Crippen molar-refractivity contribution < 1.29 is 9.47 Å². The van der Waals surface area contributed by atoms with Gasteiger partial charge in [-0.25, -0.2) is 0 Å². The van der Waals surface area contributed by atoms with Gasteiger partial charge in [-0.2, -0.15) is 0 Å². The number of hydrogen-bond acceptors (Lipinski definition) is 3. The van der Waals surface area contributed by atoms with Crippen LogP contribution in [-0.4, -0.2) is 37.4 Å². The Morgan fingerprint density at radius 3 is 2.68 bits per heavy atom. The van der Waals surface area contributed by atoms with Crippen molar-refractivity contribution in [1.82, 2.24) is 10.6 Å². The van der Waals surface area contributed by atoms with Gasteiger partial charge in [-0.05, 0) is 59.1 Å². The first-order valence-electron chi connectivity index (χ1n) is 9.08. The first-order valence-corrected chi connectivity index (χ1v) is 9.08. The molecule has 1 aliphatic rings. The van der Waals surface area contributed by atoms with Gasteiger partial charge in [0.15, 0.2) is 5.96 Å². The summed E-state index contributed by atoms with van der Waals surface area (Å²) in [6.45, 7) is 12.7. The second kappa shape index (κ2) is 8.09. The SMILES string of the molecule is CN=C(NCc1ccc(C)cc1OC(C)(C)C)NCC1(C)CCCO1. The van der Waals surface area contributed by atoms with E-state index in [4.69, 9.17) is 9.47 Å². The molecule has 2 N–H and O–H groups in total. The van der Waals surface area contributed by atoms with Gasteiger partial charge in [0.05, 0.1) is 5.60 Å². The molecule has 0 radical (unpaired) electrons. The van der Waals surface area contributed by atoms with Crippen molar-refractivity contribution in [2.24, 2.45) is 4.99 Å². The number of nitrogens with zero attached hydrogens (tertiary/aromatic N) is 1. The van der Waals surface area contributed by atoms with Gasteiger partial charge in [-0.15, -0.1) is 0 Å². The van der Waals surface area contributed by atoms with E-state index in [1.165, 1.54) is 5.56 Å². The largest absolute Gasteiger partial charge is 0.488 e. The molecule has 0 aliphatic carbocycles. The first kappa shape index (κ1) is 19.6. The van der Waals surface area contributed by atoms with Gasteiger partial charge in [-0.3, -0.25) is 4.99 Å². The fourth-order valence-electron chi connectivity index (χ4n) is 2.88. The Hall–Kier alpha value is -1.75. The van der Waals surface area contributed by atoms with Crippen LogP contribution in [0.3, 0.4) is 0 Å². The fourth-order valence-corrected chi connectivity index (χ4v) is 2.88. The Labute approximate surface area is 152 Å². The first-order chi connectivity index (χ1) is 11.7. The van der Waals surface area contributed by atoms with Crippen molar-refractivity contribution in [2.45, 2.75) is 65.2 Å². The summed E-state index contributed by atoms with van der Waals surface area (Å²) in [4.78, 5) is 4.32. The molecule has 1 heterocycles. The minimum absolute atomic E-state index is 0.0953. The van der Waals surface area contributed by atoms with Gasteiger partial charge >= 0.3 is 0 Å². The molecular weight excluding hydrogens is 314 g/mol. The van der Waals surface area contributed by atoms with E-state index >= 15 is 0 Å². The van der Waals surface area contributed by atoms with Crippen LogP contribution < -0.4 is 15.4 Å². The fraction of sp³-hybridized carbons (Fsp3) is 0.650. The zero-order chi connectivity index (χ0) is 18.5. The molecule has 1 atom stereocenters. The molecule has 0 spiro atoms. The second-order valence-electron chi connectivity index (χ2n) is 8.01. The smallest absolute Gasteiger partial charge is 0.191 e. The Morgan fingerprint density at radius 2 is 2.08 bits per heavy atom. The number of nitrogens with one attached hydrogen (secondary N) is 2. The highest BCUT2D eigenvalue weighted by molar-refractivity contribution is 5.79. The molecule has 1 aromatic carbocycles. The van der Waals surface area contributed by atoms with Crippen LogP contribution in [0.5, 0.6) is 5.75 Å². The van der Waals surface area contributed by atoms with Gasteiger partial charge in [0, 0.05) is 32.3 Å². The highest BCUT2D eigenvalue weighted by Crippen LogP contribution is 2.25. The second-order valence-corrected chi connectivity index (χ2v) is 8.01. The summed E-state index contributed by atoms with van der Waals surface area (Å²) < 4.78 is 11.9. The van der Waals surface area contributed by atoms with Crippen molar-refractivity contribution in [3.05, 3.63) is 29.3 Å². The van der Waals surface area contributed by atoms with Crippen LogP contribution in [0.25, 0.3) is 0 Å². The summed E-state index contributed by atoms with van der Waals surface area (Å²) in [5.74, 6) is 1.69. The molecular formula is C20H33N3O2. The standard InChI is InChI=1S/C20H33N3O2/c1-15-8-9-16(17(12-15)25-19(2,3)4)13-22-18(21-6)23-14-20(5)10-7-11-24-20/h8-9,12H,7,10-11,13-14H2,1-6H3,(H2,21,22,23). The van der Waals surface area contributed by atoms with Crippen molar-refractivity contribution in [3.8, 4) is 5.75 Å². The lowest BCUT2D eigenvalue weighted by molar-refractivity contribution is 0.0242. The summed E-state index contributed by atoms with van der Waals surface area (Å²) in [7, 11) is 1.79. The van der Waals surface area contributed by atoms with Crippen LogP contribution >= 0.6 is 0 Å². The average molecular weight is 348 g/mol. The van der Waals surface area contributed by atoms with E-state index in [9.17, 15) is 0 Å². The lowest BCUT2D eigenvalue weighted by Crippen LogP contribution is -2.45. The summed E-state index contributed by atoms with van der Waals surface area (Å²) >= 11 is 0. The van der Waals surface area contributed by atoms with Crippen LogP contribution in [0.1, 0.15) is 51.7 Å². The Balaban J connectivity index is 1.96. The van der Waals surface area contributed by atoms with E-state index in [1.54, 1.807) is 7.05 Å². The summed E-state index contributed by atoms with van der Waals surface area (Å²) in [5, 5.41) is 6.75. The van der Waals surface area contributed by atoms with Crippen LogP contribution in [0.15, 0.2) is 23.2 Å². The zero-order valence-corrected chi connectivity index (χ0v) is 16.5. The van der Waals surface area contributed by atoms with Crippen LogP contribution in [0.2, 0.25) is 0 Å². The molecule has 0 bridgehead atoms. The van der Waals surface area contributed by atoms with Crippen LogP contribution in [-0.2, 0) is 11.3 Å². The maximum absolute atomic E-state index is 6.12. The van der Waals surface area contributed by atoms with E-state index in [1.807, 2.05) is 0 Å². The number of rotatable bonds is 5. The van der Waals surface area contributed by atoms with Gasteiger partial charge < -0.3 is 20.1 Å². The maximum atomic E-state index is 6.12. The summed E-state index contributed by atoms with van der Waals surface area (Å²) in [5.41, 5.74) is 1.99. The minimum Gasteiger partial charge on any atom is -0.488 e. The molecule has 0 amide bonds. The molecule has 5 nitrogen and oxygen atoms in total. The molecule has 1 aliphatic heterocycles. The zero-order valence-electron chi connectivity index (χ0n) is 16.5. The summed E-state index contributed by atoms with van der Waals surface area (Å²) in [6.07, 6.45) is 2.21. The number of ether oxygens (including phenoxy) is 2. The predicted octanol–water partition coefficient (Wildman–Crippen LogP) is 3.41. The third-order valence-electron chi connectivity index (χ3n) is 4.24. The van der Waals surface area contributed by atoms with Gasteiger partial charge in [0.1, 0.15) is 11.4 Å². The van der Waals surface area contributed by atoms with Crippen molar-refractivity contribution >= 4 is 5.96 Å². The molecule has 1 aromatic rings. The topological polar surface area (TPSA) is 54.9 Å². The highest BCUT2D eigenvalue weighted by atomic mass is 16.5. The third kappa shape index (κ3) is 6.24. The quantitative estimate of drug-likeness (QED) is 0.633. The van der Waals surface area contributed by atoms with Crippen molar-refractivity contribution in [2.75, 3.05) is 20.2 Å². The van der Waals surface area contributed by atoms with Crippen LogP contribution in [0.4, 0.5) is 0 Å². The molecule has 0 saturated carbocycles. The molecule has 2 rings (SSSR count). The highest BCUT2D eigenvalue weighted by Gasteiger charge is 2.29. The Morgan fingerprint density at radius 1 is 1.32 bits per heavy atom. The molecule has 1 unspecified atom stereocenters. The average Bonchev–Trinajstić information content (AvgIpc) is 2.94. The number of benzene rings is 1. The van der Waals surface area contributed by atoms with E-state index in [0.717, 1.165) is 43.3 Å². The van der Waals surface area contributed by atoms with Gasteiger partial charge in [0.2, 0.25) is 0 Å². The number of aryl methyl sites for hydroxylation is 1.